The van der Waals surface area contributed by atoms with Gasteiger partial charge in [-0.1, -0.05) is 120 Å². The van der Waals surface area contributed by atoms with Gasteiger partial charge in [-0.05, 0) is 277 Å². The van der Waals surface area contributed by atoms with Crippen molar-refractivity contribution in [2.75, 3.05) is 66.8 Å². The van der Waals surface area contributed by atoms with Gasteiger partial charge in [-0.2, -0.15) is 0 Å². The lowest BCUT2D eigenvalue weighted by atomic mass is 9.87. The first-order chi connectivity index (χ1) is 69.3. The molecule has 0 atom stereocenters. The fourth-order valence-electron chi connectivity index (χ4n) is 9.27. The second-order valence-corrected chi connectivity index (χ2v) is 34.3. The van der Waals surface area contributed by atoms with Gasteiger partial charge in [0.1, 0.15) is 11.5 Å². The molecule has 3 rings (SSSR count). The average Bonchev–Trinajstić information content (AvgIpc) is 0.869. The Bertz CT molecular complexity index is 7350. The second kappa shape index (κ2) is 83.1. The van der Waals surface area contributed by atoms with Crippen LogP contribution in [0.25, 0.3) is 0 Å². The van der Waals surface area contributed by atoms with Gasteiger partial charge < -0.3 is 40.2 Å². The molecule has 0 bridgehead atoms. The highest BCUT2D eigenvalue weighted by molar-refractivity contribution is 5.96. The Hall–Kier alpha value is -19.2. The molecule has 3 aromatic carbocycles. The van der Waals surface area contributed by atoms with Crippen LogP contribution in [-0.4, -0.2) is 95.5 Å². The molecular formula is C133H112N4O7. The number of ether oxygens (including phenoxy) is 4. The fraction of sp³-hybridized carbons (Fsp3) is 0.331. The first kappa shape index (κ1) is 125. The number of ketones is 1. The van der Waals surface area contributed by atoms with Crippen LogP contribution in [0.4, 0.5) is 0 Å². The molecule has 0 saturated heterocycles. The van der Waals surface area contributed by atoms with E-state index in [4.69, 9.17) is 25.4 Å². The highest BCUT2D eigenvalue weighted by Crippen LogP contribution is 2.26. The van der Waals surface area contributed by atoms with E-state index in [1.54, 1.807) is 19.1 Å². The molecule has 0 radical (unpaired) electrons. The van der Waals surface area contributed by atoms with Gasteiger partial charge in [-0.25, -0.2) is 0 Å². The number of rotatable bonds is 31. The van der Waals surface area contributed by atoms with Crippen LogP contribution < -0.4 is 30.7 Å². The summed E-state index contributed by atoms with van der Waals surface area (Å²) in [6.45, 7) is 41.9. The summed E-state index contributed by atoms with van der Waals surface area (Å²) in [6.07, 6.45) is 15.9. The SMILES string of the molecule is C#CC#CC#CC#CC#CC#CC#CC#CC#CC#CC#CC#CC#CC#CC#CC#CC#CC#CC#CC#CC#CC#CC#CC#CC#CC#CC#CC#CC#CC#CC#CC#CC#CC#CC.CCC(C)(C)CCOc1ccc(C(=O)NCCCC(C)(C)C)cc1.CNC(C)(C)CCCC(=O)c1ccc(CC(C)(C)C)cc1.CNC(C)(C)CCCOc1ccc(C(=O)NCCOCCOCCC(C)(C)C)cc1. The largest absolute Gasteiger partial charge is 0.494 e. The van der Waals surface area contributed by atoms with E-state index in [0.717, 1.165) is 94.4 Å². The van der Waals surface area contributed by atoms with Crippen molar-refractivity contribution < 1.29 is 33.3 Å². The summed E-state index contributed by atoms with van der Waals surface area (Å²) < 4.78 is 22.6. The van der Waals surface area contributed by atoms with Crippen molar-refractivity contribution in [3.8, 4) is 415 Å². The zero-order chi connectivity index (χ0) is 106. The average molecular weight is 1880 g/mol. The van der Waals surface area contributed by atoms with E-state index < -0.39 is 0 Å². The Labute approximate surface area is 864 Å². The Morgan fingerprint density at radius 2 is 0.549 bits per heavy atom. The van der Waals surface area contributed by atoms with Gasteiger partial charge in [0.15, 0.2) is 5.78 Å². The molecular weight excluding hydrogens is 1770 g/mol. The number of nitrogens with one attached hydrogen (secondary N) is 4. The number of carbonyl (C=O) groups is 3. The van der Waals surface area contributed by atoms with E-state index in [2.05, 4.69) is 541 Å². The molecule has 0 unspecified atom stereocenters. The molecule has 2 amide bonds. The monoisotopic (exact) mass is 1880 g/mol. The number of hydrogen-bond donors (Lipinski definition) is 4. The molecule has 0 aliphatic heterocycles. The summed E-state index contributed by atoms with van der Waals surface area (Å²) in [4.78, 5) is 36.5. The van der Waals surface area contributed by atoms with Gasteiger partial charge in [0, 0.05) is 350 Å². The Kier molecular flexibility index (Phi) is 72.0. The van der Waals surface area contributed by atoms with E-state index in [1.807, 2.05) is 62.6 Å². The summed E-state index contributed by atoms with van der Waals surface area (Å²) in [6, 6.07) is 22.8. The van der Waals surface area contributed by atoms with Gasteiger partial charge in [0.25, 0.3) is 11.8 Å². The summed E-state index contributed by atoms with van der Waals surface area (Å²) in [5, 5.41) is 12.4. The minimum Gasteiger partial charge on any atom is -0.494 e. The molecule has 0 aliphatic carbocycles. The van der Waals surface area contributed by atoms with E-state index in [1.165, 1.54) is 5.56 Å². The van der Waals surface area contributed by atoms with Crippen molar-refractivity contribution >= 4 is 17.6 Å². The predicted molar refractivity (Wildman–Crippen MR) is 586 cm³/mol. The summed E-state index contributed by atoms with van der Waals surface area (Å²) in [5.41, 5.74) is 4.87. The standard InChI is InChI=1S/C69H4.C24H42N2O4.C21H35NO2.C19H31NO/c1-3-5-7-9-11-13-15-17-19-21-23-25-27-29-31-33-35-37-39-41-43-45-47-49-51-53-55-57-59-61-63-65-67-69-68-66-64-62-60-58-56-54-52-50-48-46-44-42-40-38-36-34-32-30-28-26-24-22-20-18-16-14-12-10-8-6-4-2;1-23(2,3)13-16-28-18-19-29-17-14-26-22(27)20-8-10-21(11-9-20)30-15-7-12-24(4,5)25-6;1-7-21(5,6)14-16-24-18-11-9-17(10-12-18)19(23)22-15-8-13-20(2,3)4;1-18(2,3)14-15-9-11-16(12-10-15)17(21)8-7-13-19(4,5)20-6/h1H,2H3;8-11,25H,7,12-19H2,1-6H3,(H,26,27);9-12H,7-8,13-16H2,1-6H3,(H,22,23);9-12,20H,7-8,13-14H2,1-6H3. The van der Waals surface area contributed by atoms with Crippen LogP contribution in [0.15, 0.2) is 72.8 Å². The highest BCUT2D eigenvalue weighted by Gasteiger charge is 2.19. The molecule has 0 saturated carbocycles. The number of terminal acetylenes is 1. The highest BCUT2D eigenvalue weighted by atomic mass is 16.5. The normalized spacial score (nSPS) is 8.24. The summed E-state index contributed by atoms with van der Waals surface area (Å²) in [5.74, 6) is 169. The zero-order valence-electron chi connectivity index (χ0n) is 85.8. The Morgan fingerprint density at radius 3 is 0.826 bits per heavy atom. The molecule has 11 heteroatoms. The van der Waals surface area contributed by atoms with Gasteiger partial charge in [0.05, 0.1) is 33.0 Å². The quantitative estimate of drug-likeness (QED) is 0.0282. The smallest absolute Gasteiger partial charge is 0.251 e. The maximum atomic E-state index is 12.2. The third kappa shape index (κ3) is 85.7. The number of benzene rings is 3. The zero-order valence-corrected chi connectivity index (χ0v) is 85.8. The Balaban J connectivity index is 0.00000220. The number of carbonyl (C=O) groups excluding carboxylic acids is 3. The third-order valence-corrected chi connectivity index (χ3v) is 17.5. The molecule has 144 heavy (non-hydrogen) atoms. The van der Waals surface area contributed by atoms with Crippen LogP contribution in [0.5, 0.6) is 11.5 Å². The van der Waals surface area contributed by atoms with E-state index in [0.29, 0.717) is 73.4 Å². The van der Waals surface area contributed by atoms with Crippen LogP contribution in [0.1, 0.15) is 219 Å². The molecule has 0 spiro atoms. The molecule has 706 valence electrons. The van der Waals surface area contributed by atoms with Crippen molar-refractivity contribution in [1.29, 1.82) is 0 Å². The van der Waals surface area contributed by atoms with Gasteiger partial charge >= 0.3 is 0 Å². The van der Waals surface area contributed by atoms with Gasteiger partial charge in [-0.15, -0.1) is 6.42 Å². The summed E-state index contributed by atoms with van der Waals surface area (Å²) in [7, 11) is 3.94. The predicted octanol–water partition coefficient (Wildman–Crippen LogP) is 14.9. The first-order valence-electron chi connectivity index (χ1n) is 45.4. The molecule has 3 aromatic rings. The Morgan fingerprint density at radius 1 is 0.278 bits per heavy atom. The molecule has 0 fully saturated rings. The van der Waals surface area contributed by atoms with Crippen LogP contribution in [-0.2, 0) is 15.9 Å². The second-order valence-electron chi connectivity index (χ2n) is 34.3. The van der Waals surface area contributed by atoms with Crippen molar-refractivity contribution in [3.05, 3.63) is 95.1 Å². The minimum atomic E-state index is -0.109. The molecule has 4 N–H and O–H groups in total. The number of Topliss-reactive ketones (excluding diaryl/α,β-unsaturated/α-hetero) is 1. The number of hydrogen-bond acceptors (Lipinski definition) is 9. The molecule has 0 heterocycles. The molecule has 11 nitrogen and oxygen atoms in total. The van der Waals surface area contributed by atoms with Crippen LogP contribution in [0, 0.1) is 425 Å². The van der Waals surface area contributed by atoms with Gasteiger partial charge in [0.2, 0.25) is 0 Å². The van der Waals surface area contributed by atoms with Crippen LogP contribution in [0.2, 0.25) is 0 Å². The summed E-state index contributed by atoms with van der Waals surface area (Å²) >= 11 is 0. The first-order valence-corrected chi connectivity index (χ1v) is 45.4. The lowest BCUT2D eigenvalue weighted by molar-refractivity contribution is 0.0395. The van der Waals surface area contributed by atoms with Crippen molar-refractivity contribution in [2.45, 2.75) is 199 Å². The van der Waals surface area contributed by atoms with E-state index in [9.17, 15) is 14.4 Å². The van der Waals surface area contributed by atoms with Crippen molar-refractivity contribution in [2.24, 2.45) is 21.7 Å². The van der Waals surface area contributed by atoms with Crippen molar-refractivity contribution in [1.82, 2.24) is 21.3 Å². The van der Waals surface area contributed by atoms with Crippen molar-refractivity contribution in [3.63, 3.8) is 0 Å². The van der Waals surface area contributed by atoms with E-state index >= 15 is 0 Å². The van der Waals surface area contributed by atoms with Gasteiger partial charge in [-0.3, -0.25) is 14.4 Å². The lowest BCUT2D eigenvalue weighted by Gasteiger charge is -2.23. The fourth-order valence-corrected chi connectivity index (χ4v) is 9.27. The van der Waals surface area contributed by atoms with Crippen LogP contribution >= 0.6 is 0 Å². The number of amides is 2. The van der Waals surface area contributed by atoms with E-state index in [-0.39, 0.29) is 34.1 Å². The lowest BCUT2D eigenvalue weighted by Crippen LogP contribution is -2.36. The van der Waals surface area contributed by atoms with Crippen LogP contribution in [0.3, 0.4) is 0 Å². The third-order valence-electron chi connectivity index (χ3n) is 17.5. The minimum absolute atomic E-state index is 0.0115. The maximum absolute atomic E-state index is 12.2. The molecule has 0 aromatic heterocycles. The topological polar surface area (TPSA) is 136 Å². The molecule has 0 aliphatic rings. The maximum Gasteiger partial charge on any atom is 0.251 e.